The number of rotatable bonds is 4. The van der Waals surface area contributed by atoms with Crippen LogP contribution in [0, 0.1) is 0 Å². The number of fused-ring (bicyclic) bond motifs is 1. The Labute approximate surface area is 106 Å². The second-order valence-corrected chi connectivity index (χ2v) is 5.25. The highest BCUT2D eigenvalue weighted by Gasteiger charge is 2.26. The number of anilines is 2. The Kier molecular flexibility index (Phi) is 2.15. The van der Waals surface area contributed by atoms with Crippen molar-refractivity contribution in [1.82, 2.24) is 9.97 Å². The van der Waals surface area contributed by atoms with Gasteiger partial charge in [0.15, 0.2) is 11.6 Å². The highest BCUT2D eigenvalue weighted by molar-refractivity contribution is 5.80. The summed E-state index contributed by atoms with van der Waals surface area (Å²) in [5, 5.41) is 6.95. The lowest BCUT2D eigenvalue weighted by atomic mass is 10.3. The molecular weight excluding hydrogens is 224 g/mol. The van der Waals surface area contributed by atoms with Crippen LogP contribution in [0.4, 0.5) is 11.6 Å². The van der Waals surface area contributed by atoms with E-state index in [9.17, 15) is 0 Å². The third kappa shape index (κ3) is 1.98. The van der Waals surface area contributed by atoms with Crippen molar-refractivity contribution in [2.45, 2.75) is 37.8 Å². The molecule has 1 aromatic carbocycles. The summed E-state index contributed by atoms with van der Waals surface area (Å²) < 4.78 is 0. The number of nitrogens with one attached hydrogen (secondary N) is 2. The summed E-state index contributed by atoms with van der Waals surface area (Å²) in [5.74, 6) is 1.84. The van der Waals surface area contributed by atoms with Gasteiger partial charge in [0.05, 0.1) is 11.0 Å². The third-order valence-corrected chi connectivity index (χ3v) is 3.41. The number of aromatic nitrogens is 2. The number of benzene rings is 1. The third-order valence-electron chi connectivity index (χ3n) is 3.41. The Morgan fingerprint density at radius 2 is 1.22 bits per heavy atom. The first-order valence-electron chi connectivity index (χ1n) is 6.68. The van der Waals surface area contributed by atoms with Crippen molar-refractivity contribution in [2.24, 2.45) is 0 Å². The summed E-state index contributed by atoms with van der Waals surface area (Å²) in [6.07, 6.45) is 4.99. The van der Waals surface area contributed by atoms with Crippen LogP contribution in [0.2, 0.25) is 0 Å². The van der Waals surface area contributed by atoms with E-state index in [2.05, 4.69) is 10.6 Å². The molecule has 92 valence electrons. The van der Waals surface area contributed by atoms with Crippen LogP contribution >= 0.6 is 0 Å². The summed E-state index contributed by atoms with van der Waals surface area (Å²) in [7, 11) is 0. The zero-order chi connectivity index (χ0) is 11.9. The van der Waals surface area contributed by atoms with Crippen molar-refractivity contribution in [1.29, 1.82) is 0 Å². The molecule has 4 nitrogen and oxygen atoms in total. The Morgan fingerprint density at radius 3 is 1.61 bits per heavy atom. The number of hydrogen-bond donors (Lipinski definition) is 2. The maximum Gasteiger partial charge on any atom is 0.170 e. The van der Waals surface area contributed by atoms with Crippen molar-refractivity contribution in [3.05, 3.63) is 24.3 Å². The predicted molar refractivity (Wildman–Crippen MR) is 72.8 cm³/mol. The molecule has 0 spiro atoms. The minimum Gasteiger partial charge on any atom is -0.364 e. The fraction of sp³-hybridized carbons (Fsp3) is 0.429. The first kappa shape index (κ1) is 10.1. The van der Waals surface area contributed by atoms with E-state index in [-0.39, 0.29) is 0 Å². The van der Waals surface area contributed by atoms with E-state index in [0.717, 1.165) is 22.7 Å². The maximum atomic E-state index is 4.70. The molecular formula is C14H16N4. The van der Waals surface area contributed by atoms with Gasteiger partial charge in [-0.2, -0.15) is 0 Å². The van der Waals surface area contributed by atoms with E-state index in [0.29, 0.717) is 12.1 Å². The SMILES string of the molecule is c1ccc2nc(NC3CC3)c(NC3CC3)nc2c1. The maximum absolute atomic E-state index is 4.70. The van der Waals surface area contributed by atoms with Gasteiger partial charge >= 0.3 is 0 Å². The van der Waals surface area contributed by atoms with Gasteiger partial charge < -0.3 is 10.6 Å². The molecule has 0 saturated heterocycles. The van der Waals surface area contributed by atoms with Crippen LogP contribution in [0.3, 0.4) is 0 Å². The van der Waals surface area contributed by atoms with Crippen molar-refractivity contribution >= 4 is 22.7 Å². The molecule has 18 heavy (non-hydrogen) atoms. The molecule has 1 aromatic heterocycles. The van der Waals surface area contributed by atoms with Crippen LogP contribution in [0.25, 0.3) is 11.0 Å². The zero-order valence-electron chi connectivity index (χ0n) is 10.2. The van der Waals surface area contributed by atoms with Crippen LogP contribution in [-0.2, 0) is 0 Å². The highest BCUT2D eigenvalue weighted by atomic mass is 15.1. The monoisotopic (exact) mass is 240 g/mol. The molecule has 2 N–H and O–H groups in total. The van der Waals surface area contributed by atoms with Crippen LogP contribution < -0.4 is 10.6 Å². The van der Waals surface area contributed by atoms with Gasteiger partial charge in [-0.25, -0.2) is 9.97 Å². The number of hydrogen-bond acceptors (Lipinski definition) is 4. The molecule has 0 bridgehead atoms. The quantitative estimate of drug-likeness (QED) is 0.862. The largest absolute Gasteiger partial charge is 0.364 e. The van der Waals surface area contributed by atoms with E-state index >= 15 is 0 Å². The molecule has 0 radical (unpaired) electrons. The van der Waals surface area contributed by atoms with E-state index < -0.39 is 0 Å². The first-order chi connectivity index (χ1) is 8.88. The fourth-order valence-electron chi connectivity index (χ4n) is 2.04. The lowest BCUT2D eigenvalue weighted by Crippen LogP contribution is -2.11. The Balaban J connectivity index is 1.76. The van der Waals surface area contributed by atoms with Gasteiger partial charge in [0, 0.05) is 12.1 Å². The standard InChI is InChI=1S/C14H16N4/c1-2-4-12-11(3-1)17-13(15-9-5-6-9)14(18-12)16-10-7-8-10/h1-4,9-10H,5-8H2,(H,15,17)(H,16,18). The molecule has 0 amide bonds. The van der Waals surface area contributed by atoms with Crippen molar-refractivity contribution < 1.29 is 0 Å². The fourth-order valence-corrected chi connectivity index (χ4v) is 2.04. The Hall–Kier alpha value is -1.84. The van der Waals surface area contributed by atoms with Gasteiger partial charge in [0.1, 0.15) is 0 Å². The molecule has 2 aliphatic carbocycles. The summed E-state index contributed by atoms with van der Waals surface area (Å²) in [5.41, 5.74) is 1.92. The topological polar surface area (TPSA) is 49.8 Å². The highest BCUT2D eigenvalue weighted by Crippen LogP contribution is 2.31. The molecule has 2 fully saturated rings. The van der Waals surface area contributed by atoms with Gasteiger partial charge in [-0.15, -0.1) is 0 Å². The van der Waals surface area contributed by atoms with Gasteiger partial charge in [-0.05, 0) is 37.8 Å². The smallest absolute Gasteiger partial charge is 0.170 e. The lowest BCUT2D eigenvalue weighted by molar-refractivity contribution is 1.07. The summed E-state index contributed by atoms with van der Waals surface area (Å²) >= 11 is 0. The average molecular weight is 240 g/mol. The first-order valence-corrected chi connectivity index (χ1v) is 6.68. The van der Waals surface area contributed by atoms with E-state index in [1.165, 1.54) is 25.7 Å². The summed E-state index contributed by atoms with van der Waals surface area (Å²) in [6, 6.07) is 9.24. The van der Waals surface area contributed by atoms with Gasteiger partial charge in [0.25, 0.3) is 0 Å². The molecule has 4 heteroatoms. The molecule has 0 aliphatic heterocycles. The molecule has 2 saturated carbocycles. The van der Waals surface area contributed by atoms with E-state index in [1.54, 1.807) is 0 Å². The molecule has 2 aliphatic rings. The number of para-hydroxylation sites is 2. The molecule has 2 aromatic rings. The van der Waals surface area contributed by atoms with Gasteiger partial charge in [0.2, 0.25) is 0 Å². The van der Waals surface area contributed by atoms with Crippen LogP contribution in [0.1, 0.15) is 25.7 Å². The van der Waals surface area contributed by atoms with E-state index in [1.807, 2.05) is 24.3 Å². The van der Waals surface area contributed by atoms with Crippen molar-refractivity contribution in [3.8, 4) is 0 Å². The normalized spacial score (nSPS) is 18.9. The number of nitrogens with zero attached hydrogens (tertiary/aromatic N) is 2. The Bertz CT molecular complexity index is 535. The summed E-state index contributed by atoms with van der Waals surface area (Å²) in [4.78, 5) is 9.40. The molecule has 0 unspecified atom stereocenters. The zero-order valence-corrected chi connectivity index (χ0v) is 10.2. The van der Waals surface area contributed by atoms with Crippen LogP contribution in [0.5, 0.6) is 0 Å². The second kappa shape index (κ2) is 3.83. The van der Waals surface area contributed by atoms with Crippen LogP contribution in [-0.4, -0.2) is 22.1 Å². The van der Waals surface area contributed by atoms with Crippen LogP contribution in [0.15, 0.2) is 24.3 Å². The predicted octanol–water partition coefficient (Wildman–Crippen LogP) is 2.78. The van der Waals surface area contributed by atoms with E-state index in [4.69, 9.17) is 9.97 Å². The Morgan fingerprint density at radius 1 is 0.778 bits per heavy atom. The minimum absolute atomic E-state index is 0.597. The van der Waals surface area contributed by atoms with Gasteiger partial charge in [-0.3, -0.25) is 0 Å². The molecule has 4 rings (SSSR count). The van der Waals surface area contributed by atoms with Crippen molar-refractivity contribution in [2.75, 3.05) is 10.6 Å². The second-order valence-electron chi connectivity index (χ2n) is 5.25. The lowest BCUT2D eigenvalue weighted by Gasteiger charge is -2.12. The summed E-state index contributed by atoms with van der Waals surface area (Å²) in [6.45, 7) is 0. The van der Waals surface area contributed by atoms with Crippen molar-refractivity contribution in [3.63, 3.8) is 0 Å². The van der Waals surface area contributed by atoms with Gasteiger partial charge in [-0.1, -0.05) is 12.1 Å². The molecule has 1 heterocycles. The molecule has 0 atom stereocenters. The average Bonchev–Trinajstić information content (AvgIpc) is 3.25. The minimum atomic E-state index is 0.597.